The molecular formula is C16H28N4. The van der Waals surface area contributed by atoms with Crippen LogP contribution in [-0.2, 0) is 12.0 Å². The smallest absolute Gasteiger partial charge is 0.150 e. The molecule has 3 rings (SSSR count). The highest BCUT2D eigenvalue weighted by molar-refractivity contribution is 5.15. The van der Waals surface area contributed by atoms with Crippen molar-refractivity contribution in [3.8, 4) is 0 Å². The van der Waals surface area contributed by atoms with Gasteiger partial charge in [-0.05, 0) is 18.3 Å². The Labute approximate surface area is 122 Å². The van der Waals surface area contributed by atoms with Gasteiger partial charge in [0.05, 0.1) is 6.04 Å². The van der Waals surface area contributed by atoms with Gasteiger partial charge in [-0.25, -0.2) is 0 Å². The SMILES string of the molecule is CC1(c2nnc3n2CCNC3C(C)(C)C)CCCCC1. The molecule has 1 aromatic rings. The van der Waals surface area contributed by atoms with Crippen molar-refractivity contribution in [3.63, 3.8) is 0 Å². The second kappa shape index (κ2) is 4.83. The van der Waals surface area contributed by atoms with E-state index in [1.54, 1.807) is 0 Å². The normalized spacial score (nSPS) is 26.3. The molecule has 112 valence electrons. The molecule has 0 aromatic carbocycles. The van der Waals surface area contributed by atoms with Crippen molar-refractivity contribution in [2.75, 3.05) is 6.54 Å². The average Bonchev–Trinajstić information content (AvgIpc) is 2.82. The molecule has 1 saturated carbocycles. The molecule has 1 aliphatic heterocycles. The molecule has 1 aliphatic carbocycles. The first-order valence-corrected chi connectivity index (χ1v) is 8.09. The Bertz CT molecular complexity index is 477. The van der Waals surface area contributed by atoms with E-state index in [1.807, 2.05) is 0 Å². The van der Waals surface area contributed by atoms with Crippen LogP contribution in [-0.4, -0.2) is 21.3 Å². The largest absolute Gasteiger partial charge is 0.312 e. The van der Waals surface area contributed by atoms with Gasteiger partial charge in [-0.15, -0.1) is 10.2 Å². The summed E-state index contributed by atoms with van der Waals surface area (Å²) < 4.78 is 2.41. The second-order valence-corrected chi connectivity index (χ2v) is 7.91. The molecule has 2 heterocycles. The lowest BCUT2D eigenvalue weighted by Crippen LogP contribution is -2.42. The summed E-state index contributed by atoms with van der Waals surface area (Å²) in [6, 6.07) is 0.310. The van der Waals surface area contributed by atoms with Gasteiger partial charge >= 0.3 is 0 Å². The van der Waals surface area contributed by atoms with E-state index >= 15 is 0 Å². The summed E-state index contributed by atoms with van der Waals surface area (Å²) in [6.07, 6.45) is 6.57. The van der Waals surface area contributed by atoms with E-state index in [9.17, 15) is 0 Å². The Hall–Kier alpha value is -0.900. The van der Waals surface area contributed by atoms with Crippen LogP contribution >= 0.6 is 0 Å². The second-order valence-electron chi connectivity index (χ2n) is 7.91. The van der Waals surface area contributed by atoms with Gasteiger partial charge in [0.15, 0.2) is 5.82 Å². The lowest BCUT2D eigenvalue weighted by molar-refractivity contribution is 0.224. The first-order chi connectivity index (χ1) is 9.42. The van der Waals surface area contributed by atoms with Gasteiger partial charge < -0.3 is 9.88 Å². The van der Waals surface area contributed by atoms with Crippen molar-refractivity contribution in [2.24, 2.45) is 5.41 Å². The summed E-state index contributed by atoms with van der Waals surface area (Å²) in [5.74, 6) is 2.38. The minimum atomic E-state index is 0.177. The highest BCUT2D eigenvalue weighted by atomic mass is 15.3. The molecule has 2 aliphatic rings. The summed E-state index contributed by atoms with van der Waals surface area (Å²) in [5, 5.41) is 12.8. The molecule has 0 amide bonds. The molecule has 20 heavy (non-hydrogen) atoms. The Balaban J connectivity index is 1.98. The molecule has 1 atom stereocenters. The van der Waals surface area contributed by atoms with Crippen molar-refractivity contribution in [3.05, 3.63) is 11.6 Å². The summed E-state index contributed by atoms with van der Waals surface area (Å²) in [7, 11) is 0. The Morgan fingerprint density at radius 1 is 1.15 bits per heavy atom. The maximum Gasteiger partial charge on any atom is 0.150 e. The van der Waals surface area contributed by atoms with E-state index in [2.05, 4.69) is 47.8 Å². The fourth-order valence-corrected chi connectivity index (χ4v) is 3.86. The van der Waals surface area contributed by atoms with Crippen LogP contribution in [0, 0.1) is 5.41 Å². The highest BCUT2D eigenvalue weighted by Crippen LogP contribution is 2.40. The molecule has 1 aromatic heterocycles. The molecule has 0 saturated heterocycles. The topological polar surface area (TPSA) is 42.7 Å². The minimum absolute atomic E-state index is 0.177. The first-order valence-electron chi connectivity index (χ1n) is 8.09. The zero-order chi connectivity index (χ0) is 14.4. The van der Waals surface area contributed by atoms with E-state index in [0.717, 1.165) is 18.9 Å². The molecule has 1 fully saturated rings. The Morgan fingerprint density at radius 2 is 1.85 bits per heavy atom. The van der Waals surface area contributed by atoms with Crippen molar-refractivity contribution in [2.45, 2.75) is 77.8 Å². The maximum atomic E-state index is 4.63. The molecule has 4 heteroatoms. The van der Waals surface area contributed by atoms with E-state index in [0.29, 0.717) is 6.04 Å². The molecule has 0 bridgehead atoms. The number of aromatic nitrogens is 3. The monoisotopic (exact) mass is 276 g/mol. The average molecular weight is 276 g/mol. The summed E-state index contributed by atoms with van der Waals surface area (Å²) >= 11 is 0. The number of nitrogens with zero attached hydrogens (tertiary/aromatic N) is 3. The number of hydrogen-bond donors (Lipinski definition) is 1. The van der Waals surface area contributed by atoms with Gasteiger partial charge in [-0.1, -0.05) is 47.0 Å². The van der Waals surface area contributed by atoms with Crippen LogP contribution in [0.1, 0.15) is 77.5 Å². The molecule has 1 unspecified atom stereocenters. The number of rotatable bonds is 1. The quantitative estimate of drug-likeness (QED) is 0.856. The van der Waals surface area contributed by atoms with E-state index in [4.69, 9.17) is 0 Å². The minimum Gasteiger partial charge on any atom is -0.312 e. The zero-order valence-electron chi connectivity index (χ0n) is 13.4. The summed E-state index contributed by atoms with van der Waals surface area (Å²) in [5.41, 5.74) is 0.416. The van der Waals surface area contributed by atoms with Crippen LogP contribution in [0.2, 0.25) is 0 Å². The molecule has 1 N–H and O–H groups in total. The van der Waals surface area contributed by atoms with Crippen molar-refractivity contribution in [1.82, 2.24) is 20.1 Å². The third kappa shape index (κ3) is 2.28. The van der Waals surface area contributed by atoms with Crippen LogP contribution in [0.25, 0.3) is 0 Å². The van der Waals surface area contributed by atoms with Gasteiger partial charge in [-0.3, -0.25) is 0 Å². The lowest BCUT2D eigenvalue weighted by Gasteiger charge is -2.37. The van der Waals surface area contributed by atoms with Gasteiger partial charge in [0.25, 0.3) is 0 Å². The zero-order valence-corrected chi connectivity index (χ0v) is 13.4. The van der Waals surface area contributed by atoms with Crippen LogP contribution in [0.4, 0.5) is 0 Å². The van der Waals surface area contributed by atoms with Gasteiger partial charge in [0, 0.05) is 18.5 Å². The highest BCUT2D eigenvalue weighted by Gasteiger charge is 2.39. The van der Waals surface area contributed by atoms with E-state index in [-0.39, 0.29) is 10.8 Å². The van der Waals surface area contributed by atoms with Crippen molar-refractivity contribution >= 4 is 0 Å². The fourth-order valence-electron chi connectivity index (χ4n) is 3.86. The summed E-state index contributed by atoms with van der Waals surface area (Å²) in [6.45, 7) is 11.2. The summed E-state index contributed by atoms with van der Waals surface area (Å²) in [4.78, 5) is 0. The Kier molecular flexibility index (Phi) is 3.39. The number of fused-ring (bicyclic) bond motifs is 1. The molecule has 4 nitrogen and oxygen atoms in total. The predicted molar refractivity (Wildman–Crippen MR) is 80.7 cm³/mol. The molecule has 0 radical (unpaired) electrons. The van der Waals surface area contributed by atoms with Gasteiger partial charge in [0.1, 0.15) is 5.82 Å². The first kappa shape index (κ1) is 14.1. The van der Waals surface area contributed by atoms with Crippen LogP contribution in [0.3, 0.4) is 0 Å². The third-order valence-corrected chi connectivity index (χ3v) is 5.08. The molecular weight excluding hydrogens is 248 g/mol. The Morgan fingerprint density at radius 3 is 2.50 bits per heavy atom. The van der Waals surface area contributed by atoms with Crippen molar-refractivity contribution < 1.29 is 0 Å². The van der Waals surface area contributed by atoms with Crippen LogP contribution in [0.5, 0.6) is 0 Å². The van der Waals surface area contributed by atoms with Crippen molar-refractivity contribution in [1.29, 1.82) is 0 Å². The van der Waals surface area contributed by atoms with Gasteiger partial charge in [0.2, 0.25) is 0 Å². The molecule has 0 spiro atoms. The fraction of sp³-hybridized carbons (Fsp3) is 0.875. The third-order valence-electron chi connectivity index (χ3n) is 5.08. The van der Waals surface area contributed by atoms with E-state index in [1.165, 1.54) is 37.9 Å². The number of nitrogens with one attached hydrogen (secondary N) is 1. The van der Waals surface area contributed by atoms with Crippen LogP contribution < -0.4 is 5.32 Å². The standard InChI is InChI=1S/C16H28N4/c1-15(2,3)12-13-18-19-14(20(13)11-10-17-12)16(4)8-6-5-7-9-16/h12,17H,5-11H2,1-4H3. The van der Waals surface area contributed by atoms with E-state index < -0.39 is 0 Å². The predicted octanol–water partition coefficient (Wildman–Crippen LogP) is 3.19. The maximum absolute atomic E-state index is 4.63. The lowest BCUT2D eigenvalue weighted by atomic mass is 9.75. The number of hydrogen-bond acceptors (Lipinski definition) is 3. The van der Waals surface area contributed by atoms with Crippen LogP contribution in [0.15, 0.2) is 0 Å². The van der Waals surface area contributed by atoms with Gasteiger partial charge in [-0.2, -0.15) is 0 Å².